The molecule has 2 aliphatic rings. The maximum Gasteiger partial charge on any atom is 0.243 e. The molecular weight excluding hydrogens is 613 g/mol. The van der Waals surface area contributed by atoms with Crippen LogP contribution in [0.15, 0.2) is 35.3 Å². The number of rotatable bonds is 12. The number of amides is 2. The molecule has 5 atom stereocenters. The Kier molecular flexibility index (Phi) is 10.8. The molecule has 5 rings (SSSR count). The number of nitrogens with zero attached hydrogens (tertiary/aromatic N) is 3. The minimum atomic E-state index is -0.998. The highest BCUT2D eigenvalue weighted by molar-refractivity contribution is 7.18. The van der Waals surface area contributed by atoms with Crippen LogP contribution in [0, 0.1) is 26.2 Å². The van der Waals surface area contributed by atoms with Crippen molar-refractivity contribution in [3.63, 3.8) is 0 Å². The zero-order valence-corrected chi connectivity index (χ0v) is 29.4. The maximum atomic E-state index is 13.8. The fourth-order valence-electron chi connectivity index (χ4n) is 7.05. The van der Waals surface area contributed by atoms with E-state index in [-0.39, 0.29) is 17.9 Å². The normalized spacial score (nSPS) is 22.7. The van der Waals surface area contributed by atoms with Gasteiger partial charge in [0, 0.05) is 18.0 Å². The van der Waals surface area contributed by atoms with E-state index in [0.717, 1.165) is 63.9 Å². The average molecular weight is 663 g/mol. The molecule has 254 valence electrons. The van der Waals surface area contributed by atoms with E-state index in [2.05, 4.69) is 27.5 Å². The molecule has 1 unspecified atom stereocenters. The molecule has 0 spiro atoms. The van der Waals surface area contributed by atoms with Crippen molar-refractivity contribution >= 4 is 39.3 Å². The molecule has 10 nitrogen and oxygen atoms in total. The van der Waals surface area contributed by atoms with Gasteiger partial charge in [0.25, 0.3) is 0 Å². The molecule has 3 aromatic rings. The van der Waals surface area contributed by atoms with E-state index in [1.54, 1.807) is 7.11 Å². The van der Waals surface area contributed by atoms with Crippen LogP contribution in [0.1, 0.15) is 92.2 Å². The van der Waals surface area contributed by atoms with Gasteiger partial charge in [0.2, 0.25) is 11.8 Å². The van der Waals surface area contributed by atoms with Crippen LogP contribution in [-0.2, 0) is 16.1 Å². The molecule has 0 radical (unpaired) electrons. The van der Waals surface area contributed by atoms with Crippen molar-refractivity contribution in [3.8, 4) is 5.75 Å². The summed E-state index contributed by atoms with van der Waals surface area (Å²) in [6.45, 7) is 11.2. The Morgan fingerprint density at radius 2 is 2.00 bits per heavy atom. The largest absolute Gasteiger partial charge is 0.496 e. The number of fused-ring (bicyclic) bond motifs is 2. The lowest BCUT2D eigenvalue weighted by molar-refractivity contribution is -0.153. The van der Waals surface area contributed by atoms with Crippen LogP contribution in [0.2, 0.25) is 0 Å². The van der Waals surface area contributed by atoms with Crippen LogP contribution in [0.4, 0.5) is 0 Å². The third-order valence-electron chi connectivity index (χ3n) is 10.5. The quantitative estimate of drug-likeness (QED) is 0.119. The first kappa shape index (κ1) is 34.6. The monoisotopic (exact) mass is 662 g/mol. The second-order valence-corrected chi connectivity index (χ2v) is 14.4. The highest BCUT2D eigenvalue weighted by atomic mass is 32.1. The molecule has 2 saturated heterocycles. The second kappa shape index (κ2) is 14.6. The molecule has 2 aromatic carbocycles. The van der Waals surface area contributed by atoms with E-state index in [0.29, 0.717) is 43.3 Å². The number of carbonyl (C=O) groups excluding carboxylic acids is 2. The molecule has 2 fully saturated rings. The van der Waals surface area contributed by atoms with Crippen molar-refractivity contribution in [1.29, 1.82) is 0 Å². The molecule has 2 aliphatic heterocycles. The number of hydrogen-bond acceptors (Lipinski definition) is 7. The molecule has 1 aromatic heterocycles. The number of aliphatic imine (C=N–C) groups is 1. The SMILES string of the molecule is CC[C@]1(C)CC[C@H]2CC[C@@H](C(=O)N[C@@H](CCCNC(N)=NCc3c(C)cc(OC)c(C)c3C)C(O)c3nc4ccccc4s3)N2C1=O. The molecular formula is C36H50N6O4S. The fraction of sp³-hybridized carbons (Fsp3) is 0.556. The summed E-state index contributed by atoms with van der Waals surface area (Å²) < 4.78 is 6.47. The maximum absolute atomic E-state index is 13.8. The molecule has 5 N–H and O–H groups in total. The Morgan fingerprint density at radius 3 is 2.72 bits per heavy atom. The predicted octanol–water partition coefficient (Wildman–Crippen LogP) is 5.20. The van der Waals surface area contributed by atoms with Gasteiger partial charge in [-0.05, 0) is 106 Å². The zero-order valence-electron chi connectivity index (χ0n) is 28.6. The number of aliphatic hydroxyl groups excluding tert-OH is 1. The number of hydrogen-bond donors (Lipinski definition) is 4. The fourth-order valence-corrected chi connectivity index (χ4v) is 8.07. The molecule has 11 heteroatoms. The summed E-state index contributed by atoms with van der Waals surface area (Å²) >= 11 is 1.43. The molecule has 0 aliphatic carbocycles. The van der Waals surface area contributed by atoms with Crippen LogP contribution in [0.25, 0.3) is 10.2 Å². The lowest BCUT2D eigenvalue weighted by Gasteiger charge is -2.43. The molecule has 0 saturated carbocycles. The average Bonchev–Trinajstić information content (AvgIpc) is 3.70. The number of aromatic nitrogens is 1. The Balaban J connectivity index is 1.26. The standard InChI is InChI=1S/C36H50N6O4S/c1-7-36(5)17-16-24-14-15-28(42(24)34(36)45)32(44)40-27(31(43)33-41-26-11-8-9-13-30(26)47-33)12-10-18-38-35(37)39-20-25-21(2)19-29(46-6)23(4)22(25)3/h8-9,11,13,19,24,27-28,31,43H,7,10,12,14-18,20H2,1-6H3,(H,40,44)(H3,37,38,39)/t24-,27+,28+,31?,36-/m1/s1. The van der Waals surface area contributed by atoms with Crippen molar-refractivity contribution < 1.29 is 19.4 Å². The van der Waals surface area contributed by atoms with E-state index in [1.165, 1.54) is 11.3 Å². The Morgan fingerprint density at radius 1 is 1.23 bits per heavy atom. The third-order valence-corrected chi connectivity index (χ3v) is 11.6. The summed E-state index contributed by atoms with van der Waals surface area (Å²) in [5.74, 6) is 1.07. The highest BCUT2D eigenvalue weighted by Gasteiger charge is 2.50. The number of ether oxygens (including phenoxy) is 1. The van der Waals surface area contributed by atoms with Gasteiger partial charge in [-0.15, -0.1) is 11.3 Å². The predicted molar refractivity (Wildman–Crippen MR) is 188 cm³/mol. The number of piperidine rings is 1. The summed E-state index contributed by atoms with van der Waals surface area (Å²) in [5.41, 5.74) is 11.1. The van der Waals surface area contributed by atoms with Crippen molar-refractivity contribution in [3.05, 3.63) is 57.6 Å². The zero-order chi connectivity index (χ0) is 33.9. The number of aryl methyl sites for hydroxylation is 1. The smallest absolute Gasteiger partial charge is 0.243 e. The summed E-state index contributed by atoms with van der Waals surface area (Å²) in [5, 5.41) is 18.5. The Bertz CT molecular complexity index is 1610. The van der Waals surface area contributed by atoms with Gasteiger partial charge in [-0.1, -0.05) is 26.0 Å². The van der Waals surface area contributed by atoms with E-state index in [9.17, 15) is 14.7 Å². The van der Waals surface area contributed by atoms with Gasteiger partial charge < -0.3 is 31.1 Å². The molecule has 47 heavy (non-hydrogen) atoms. The third kappa shape index (κ3) is 7.26. The van der Waals surface area contributed by atoms with E-state index in [4.69, 9.17) is 10.5 Å². The Hall–Kier alpha value is -3.70. The number of aliphatic hydroxyl groups is 1. The van der Waals surface area contributed by atoms with E-state index in [1.807, 2.05) is 62.9 Å². The number of para-hydroxylation sites is 1. The number of carbonyl (C=O) groups is 2. The van der Waals surface area contributed by atoms with Crippen LogP contribution >= 0.6 is 11.3 Å². The van der Waals surface area contributed by atoms with Crippen molar-refractivity contribution in [2.24, 2.45) is 16.1 Å². The summed E-state index contributed by atoms with van der Waals surface area (Å²) in [6.07, 6.45) is 4.09. The van der Waals surface area contributed by atoms with Gasteiger partial charge in [-0.25, -0.2) is 9.98 Å². The minimum absolute atomic E-state index is 0.0753. The number of thiazole rings is 1. The lowest BCUT2D eigenvalue weighted by Crippen LogP contribution is -2.57. The number of guanidine groups is 1. The van der Waals surface area contributed by atoms with Gasteiger partial charge in [0.1, 0.15) is 22.9 Å². The van der Waals surface area contributed by atoms with Crippen molar-refractivity contribution in [1.82, 2.24) is 20.5 Å². The van der Waals surface area contributed by atoms with Crippen LogP contribution in [0.3, 0.4) is 0 Å². The van der Waals surface area contributed by atoms with E-state index >= 15 is 0 Å². The number of benzene rings is 2. The first-order chi connectivity index (χ1) is 22.5. The summed E-state index contributed by atoms with van der Waals surface area (Å²) in [7, 11) is 1.68. The number of methoxy groups -OCH3 is 1. The summed E-state index contributed by atoms with van der Waals surface area (Å²) in [4.78, 5) is 38.5. The first-order valence-electron chi connectivity index (χ1n) is 16.8. The van der Waals surface area contributed by atoms with Crippen LogP contribution < -0.4 is 21.1 Å². The van der Waals surface area contributed by atoms with Crippen molar-refractivity contribution in [2.45, 2.75) is 110 Å². The second-order valence-electron chi connectivity index (χ2n) is 13.4. The van der Waals surface area contributed by atoms with Gasteiger partial charge in [0.15, 0.2) is 5.96 Å². The topological polar surface area (TPSA) is 142 Å². The van der Waals surface area contributed by atoms with Gasteiger partial charge >= 0.3 is 0 Å². The Labute approximate surface area is 282 Å². The number of nitrogens with two attached hydrogens (primary N) is 1. The highest BCUT2D eigenvalue weighted by Crippen LogP contribution is 2.42. The minimum Gasteiger partial charge on any atom is -0.496 e. The van der Waals surface area contributed by atoms with Gasteiger partial charge in [-0.2, -0.15) is 0 Å². The van der Waals surface area contributed by atoms with Gasteiger partial charge in [-0.3, -0.25) is 9.59 Å². The number of nitrogens with one attached hydrogen (secondary N) is 2. The molecule has 2 amide bonds. The molecule has 3 heterocycles. The molecule has 0 bridgehead atoms. The van der Waals surface area contributed by atoms with E-state index < -0.39 is 23.6 Å². The van der Waals surface area contributed by atoms with Crippen LogP contribution in [-0.4, -0.2) is 64.5 Å². The van der Waals surface area contributed by atoms with Crippen LogP contribution in [0.5, 0.6) is 5.75 Å². The summed E-state index contributed by atoms with van der Waals surface area (Å²) in [6, 6.07) is 8.77. The van der Waals surface area contributed by atoms with Gasteiger partial charge in [0.05, 0.1) is 29.9 Å². The first-order valence-corrected chi connectivity index (χ1v) is 17.6. The van der Waals surface area contributed by atoms with Crippen molar-refractivity contribution in [2.75, 3.05) is 13.7 Å². The lowest BCUT2D eigenvalue weighted by atomic mass is 9.77.